The van der Waals surface area contributed by atoms with E-state index in [1.807, 2.05) is 4.90 Å². The second-order valence-electron chi connectivity index (χ2n) is 12.1. The number of fused-ring (bicyclic) bond motifs is 1. The molecule has 0 bridgehead atoms. The lowest BCUT2D eigenvalue weighted by molar-refractivity contribution is -0.140. The van der Waals surface area contributed by atoms with Gasteiger partial charge in [-0.15, -0.1) is 0 Å². The first kappa shape index (κ1) is 30.2. The van der Waals surface area contributed by atoms with Gasteiger partial charge in [0, 0.05) is 57.0 Å². The van der Waals surface area contributed by atoms with Gasteiger partial charge in [0.05, 0.1) is 28.9 Å². The Morgan fingerprint density at radius 1 is 0.909 bits per heavy atom. The number of benzene rings is 2. The summed E-state index contributed by atoms with van der Waals surface area (Å²) in [5.74, 6) is -4.04. The highest BCUT2D eigenvalue weighted by molar-refractivity contribution is 7.92. The average Bonchev–Trinajstić information content (AvgIpc) is 3.54. The monoisotopic (exact) mass is 630 g/mol. The summed E-state index contributed by atoms with van der Waals surface area (Å²) < 4.78 is 66.0. The summed E-state index contributed by atoms with van der Waals surface area (Å²) in [4.78, 5) is 28.8. The maximum Gasteiger partial charge on any atom is 0.302 e. The van der Waals surface area contributed by atoms with Crippen molar-refractivity contribution in [3.63, 3.8) is 0 Å². The molecule has 13 heteroatoms. The number of furan rings is 1. The van der Waals surface area contributed by atoms with Gasteiger partial charge in [-0.25, -0.2) is 17.2 Å². The quantitative estimate of drug-likeness (QED) is 0.293. The van der Waals surface area contributed by atoms with E-state index in [2.05, 4.69) is 14.9 Å². The summed E-state index contributed by atoms with van der Waals surface area (Å²) in [6.07, 6.45) is 5.45. The number of ether oxygens (including phenoxy) is 1. The van der Waals surface area contributed by atoms with Crippen LogP contribution in [0.4, 0.5) is 31.5 Å². The lowest BCUT2D eigenvalue weighted by Gasteiger charge is -2.35. The van der Waals surface area contributed by atoms with Crippen LogP contribution in [0.2, 0.25) is 0 Å². The normalized spacial score (nSPS) is 19.2. The second-order valence-corrected chi connectivity index (χ2v) is 14.0. The standard InChI is InChI=1S/C31H36F2N4O6S/c1-21(38)42-16-17-44(40,41)35-23-2-3-25(26(19-23)36-11-7-30(5-6-30)8-12-36)29(39)34-24-18-22-4-15-43-28(22)27(20-24)37-13-9-31(32,33)10-14-37/h2-4,15,18-20,35H,5-14,16-17H2,1H3,(H,34,39). The predicted octanol–water partition coefficient (Wildman–Crippen LogP) is 5.61. The fraction of sp³-hybridized carbons (Fsp3) is 0.484. The van der Waals surface area contributed by atoms with Gasteiger partial charge >= 0.3 is 5.97 Å². The van der Waals surface area contributed by atoms with Gasteiger partial charge in [-0.3, -0.25) is 14.3 Å². The van der Waals surface area contributed by atoms with E-state index in [9.17, 15) is 26.8 Å². The van der Waals surface area contributed by atoms with Crippen LogP contribution >= 0.6 is 0 Å². The SMILES string of the molecule is CC(=O)OCCS(=O)(=O)Nc1ccc(C(=O)Nc2cc(N3CCC(F)(F)CC3)c3occc3c2)c(N2CCC3(CC2)CC3)c1. The van der Waals surface area contributed by atoms with Crippen LogP contribution in [0.1, 0.15) is 55.8 Å². The lowest BCUT2D eigenvalue weighted by Crippen LogP contribution is -2.39. The number of esters is 1. The van der Waals surface area contributed by atoms with Crippen molar-refractivity contribution in [2.24, 2.45) is 5.41 Å². The molecule has 2 aliphatic heterocycles. The highest BCUT2D eigenvalue weighted by Crippen LogP contribution is 2.54. The molecule has 44 heavy (non-hydrogen) atoms. The Hall–Kier alpha value is -3.87. The Balaban J connectivity index is 1.26. The Labute approximate surface area is 254 Å². The van der Waals surface area contributed by atoms with Gasteiger partial charge in [0.2, 0.25) is 10.0 Å². The molecule has 1 aromatic heterocycles. The molecule has 6 rings (SSSR count). The minimum atomic E-state index is -3.81. The van der Waals surface area contributed by atoms with Crippen molar-refractivity contribution in [3.05, 3.63) is 48.2 Å². The smallest absolute Gasteiger partial charge is 0.302 e. The van der Waals surface area contributed by atoms with Gasteiger partial charge < -0.3 is 24.3 Å². The van der Waals surface area contributed by atoms with Crippen molar-refractivity contribution < 1.29 is 35.9 Å². The molecule has 1 amide bonds. The van der Waals surface area contributed by atoms with Crippen LogP contribution in [0.3, 0.4) is 0 Å². The summed E-state index contributed by atoms with van der Waals surface area (Å²) >= 11 is 0. The first-order chi connectivity index (χ1) is 20.9. The van der Waals surface area contributed by atoms with E-state index in [4.69, 9.17) is 9.15 Å². The van der Waals surface area contributed by atoms with E-state index in [0.29, 0.717) is 39.3 Å². The number of nitrogens with zero attached hydrogens (tertiary/aromatic N) is 2. The molecule has 10 nitrogen and oxygen atoms in total. The molecule has 3 aliphatic rings. The number of halogens is 2. The zero-order valence-corrected chi connectivity index (χ0v) is 25.4. The highest BCUT2D eigenvalue weighted by atomic mass is 32.2. The molecule has 1 spiro atoms. The van der Waals surface area contributed by atoms with Gasteiger partial charge in [-0.05, 0) is 67.5 Å². The van der Waals surface area contributed by atoms with Crippen LogP contribution in [0.15, 0.2) is 47.1 Å². The Kier molecular flexibility index (Phi) is 7.93. The van der Waals surface area contributed by atoms with Crippen LogP contribution in [0, 0.1) is 5.41 Å². The maximum absolute atomic E-state index is 13.9. The second kappa shape index (κ2) is 11.6. The molecule has 0 radical (unpaired) electrons. The lowest BCUT2D eigenvalue weighted by atomic mass is 9.93. The molecule has 0 atom stereocenters. The van der Waals surface area contributed by atoms with Crippen molar-refractivity contribution in [3.8, 4) is 0 Å². The molecule has 3 fully saturated rings. The van der Waals surface area contributed by atoms with E-state index in [-0.39, 0.29) is 38.4 Å². The number of alkyl halides is 2. The van der Waals surface area contributed by atoms with Crippen molar-refractivity contribution in [1.82, 2.24) is 0 Å². The van der Waals surface area contributed by atoms with Gasteiger partial charge in [-0.2, -0.15) is 0 Å². The predicted molar refractivity (Wildman–Crippen MR) is 164 cm³/mol. The van der Waals surface area contributed by atoms with Gasteiger partial charge in [0.25, 0.3) is 11.8 Å². The van der Waals surface area contributed by atoms with Crippen LogP contribution in [-0.4, -0.2) is 64.8 Å². The first-order valence-electron chi connectivity index (χ1n) is 14.9. The number of sulfonamides is 1. The molecule has 1 saturated carbocycles. The average molecular weight is 631 g/mol. The summed E-state index contributed by atoms with van der Waals surface area (Å²) in [7, 11) is -3.81. The number of carbonyl (C=O) groups is 2. The third-order valence-corrected chi connectivity index (χ3v) is 10.2. The molecule has 2 N–H and O–H groups in total. The van der Waals surface area contributed by atoms with E-state index in [1.54, 1.807) is 30.3 Å². The van der Waals surface area contributed by atoms with E-state index >= 15 is 0 Å². The number of piperidine rings is 2. The molecule has 2 saturated heterocycles. The van der Waals surface area contributed by atoms with Crippen molar-refractivity contribution >= 4 is 55.6 Å². The van der Waals surface area contributed by atoms with Crippen LogP contribution in [0.5, 0.6) is 0 Å². The topological polar surface area (TPSA) is 121 Å². The molecular weight excluding hydrogens is 594 g/mol. The zero-order chi connectivity index (χ0) is 31.1. The number of carbonyl (C=O) groups excluding carboxylic acids is 2. The molecule has 2 aromatic carbocycles. The third-order valence-electron chi connectivity index (χ3n) is 8.92. The Morgan fingerprint density at radius 3 is 2.25 bits per heavy atom. The fourth-order valence-corrected chi connectivity index (χ4v) is 7.01. The molecule has 3 heterocycles. The minimum absolute atomic E-state index is 0.166. The molecular formula is C31H36F2N4O6S. The van der Waals surface area contributed by atoms with Crippen LogP contribution < -0.4 is 19.8 Å². The summed E-state index contributed by atoms with van der Waals surface area (Å²) in [5.41, 5.74) is 3.39. The maximum atomic E-state index is 13.9. The van der Waals surface area contributed by atoms with Gasteiger partial charge in [0.1, 0.15) is 12.4 Å². The van der Waals surface area contributed by atoms with Crippen molar-refractivity contribution in [1.29, 1.82) is 0 Å². The number of hydrogen-bond acceptors (Lipinski definition) is 8. The molecule has 3 aromatic rings. The van der Waals surface area contributed by atoms with Crippen molar-refractivity contribution in [2.75, 3.05) is 58.4 Å². The van der Waals surface area contributed by atoms with Crippen LogP contribution in [-0.2, 0) is 19.6 Å². The van der Waals surface area contributed by atoms with E-state index < -0.39 is 27.7 Å². The number of anilines is 4. The molecule has 1 aliphatic carbocycles. The molecule has 0 unspecified atom stereocenters. The van der Waals surface area contributed by atoms with E-state index in [0.717, 1.165) is 31.3 Å². The fourth-order valence-electron chi connectivity index (χ4n) is 6.12. The van der Waals surface area contributed by atoms with Crippen molar-refractivity contribution in [2.45, 2.75) is 51.4 Å². The summed E-state index contributed by atoms with van der Waals surface area (Å²) in [6.45, 7) is 2.76. The Bertz CT molecular complexity index is 1670. The first-order valence-corrected chi connectivity index (χ1v) is 16.5. The number of hydrogen-bond donors (Lipinski definition) is 2. The van der Waals surface area contributed by atoms with E-state index in [1.165, 1.54) is 32.1 Å². The zero-order valence-electron chi connectivity index (χ0n) is 24.5. The van der Waals surface area contributed by atoms with Gasteiger partial charge in [-0.1, -0.05) is 0 Å². The summed E-state index contributed by atoms with van der Waals surface area (Å²) in [5, 5.41) is 3.72. The summed E-state index contributed by atoms with van der Waals surface area (Å²) in [6, 6.07) is 10.1. The number of rotatable bonds is 9. The third kappa shape index (κ3) is 6.77. The number of nitrogens with one attached hydrogen (secondary N) is 2. The minimum Gasteiger partial charge on any atom is -0.465 e. The van der Waals surface area contributed by atoms with Gasteiger partial charge in [0.15, 0.2) is 5.58 Å². The molecule has 236 valence electrons. The highest BCUT2D eigenvalue weighted by Gasteiger charge is 2.44. The largest absolute Gasteiger partial charge is 0.465 e. The Morgan fingerprint density at radius 2 is 1.57 bits per heavy atom. The van der Waals surface area contributed by atoms with Crippen LogP contribution in [0.25, 0.3) is 11.0 Å². The number of amides is 1.